The zero-order valence-corrected chi connectivity index (χ0v) is 11.9. The molecule has 0 aliphatic carbocycles. The molecule has 0 N–H and O–H groups in total. The van der Waals surface area contributed by atoms with Gasteiger partial charge in [0.15, 0.2) is 0 Å². The van der Waals surface area contributed by atoms with Crippen LogP contribution in [0.3, 0.4) is 0 Å². The predicted octanol–water partition coefficient (Wildman–Crippen LogP) is 2.44. The maximum Gasteiger partial charge on any atom is 0.0224 e. The van der Waals surface area contributed by atoms with Crippen LogP contribution in [0.5, 0.6) is 0 Å². The highest BCUT2D eigenvalue weighted by atomic mass is 32.2. The third-order valence-corrected chi connectivity index (χ3v) is 6.08. The van der Waals surface area contributed by atoms with Crippen molar-refractivity contribution in [3.05, 3.63) is 0 Å². The lowest BCUT2D eigenvalue weighted by Crippen LogP contribution is -2.61. The summed E-state index contributed by atoms with van der Waals surface area (Å²) >= 11 is 2.16. The number of nitrogens with zero attached hydrogens (tertiary/aromatic N) is 2. The van der Waals surface area contributed by atoms with Gasteiger partial charge in [0.05, 0.1) is 0 Å². The van der Waals surface area contributed by atoms with Gasteiger partial charge < -0.3 is 0 Å². The molecule has 2 nitrogen and oxygen atoms in total. The van der Waals surface area contributed by atoms with Crippen LogP contribution in [0, 0.1) is 0 Å². The summed E-state index contributed by atoms with van der Waals surface area (Å²) < 4.78 is 0. The number of rotatable bonds is 2. The van der Waals surface area contributed by atoms with E-state index in [4.69, 9.17) is 0 Å². The van der Waals surface area contributed by atoms with Crippen molar-refractivity contribution < 1.29 is 0 Å². The van der Waals surface area contributed by atoms with E-state index in [0.29, 0.717) is 0 Å². The summed E-state index contributed by atoms with van der Waals surface area (Å²) in [6.45, 7) is 6.46. The molecule has 3 saturated heterocycles. The second-order valence-corrected chi connectivity index (χ2v) is 7.07. The van der Waals surface area contributed by atoms with Gasteiger partial charge in [0.2, 0.25) is 0 Å². The van der Waals surface area contributed by atoms with E-state index in [1.54, 1.807) is 0 Å². The molecule has 3 heteroatoms. The van der Waals surface area contributed by atoms with Crippen molar-refractivity contribution in [3.63, 3.8) is 0 Å². The Morgan fingerprint density at radius 2 is 2.06 bits per heavy atom. The van der Waals surface area contributed by atoms with Crippen molar-refractivity contribution in [3.8, 4) is 0 Å². The van der Waals surface area contributed by atoms with E-state index >= 15 is 0 Å². The largest absolute Gasteiger partial charge is 0.298 e. The third kappa shape index (κ3) is 2.52. The van der Waals surface area contributed by atoms with Crippen LogP contribution in [0.15, 0.2) is 0 Å². The number of thioether (sulfide) groups is 1. The van der Waals surface area contributed by atoms with Crippen molar-refractivity contribution >= 4 is 11.8 Å². The molecule has 3 heterocycles. The first-order valence-corrected chi connectivity index (χ1v) is 8.61. The Kier molecular flexibility index (Phi) is 3.98. The van der Waals surface area contributed by atoms with E-state index in [1.165, 1.54) is 63.2 Å². The number of piperidine rings is 1. The predicted molar refractivity (Wildman–Crippen MR) is 75.7 cm³/mol. The lowest BCUT2D eigenvalue weighted by Gasteiger charge is -2.50. The van der Waals surface area contributed by atoms with Crippen molar-refractivity contribution in [2.75, 3.05) is 31.1 Å². The molecule has 0 radical (unpaired) electrons. The molecule has 0 spiro atoms. The smallest absolute Gasteiger partial charge is 0.0224 e. The summed E-state index contributed by atoms with van der Waals surface area (Å²) in [6.07, 6.45) is 7.13. The molecular weight excluding hydrogens is 228 g/mol. The second kappa shape index (κ2) is 5.50. The zero-order valence-electron chi connectivity index (χ0n) is 11.1. The van der Waals surface area contributed by atoms with E-state index in [0.717, 1.165) is 18.1 Å². The molecule has 0 saturated carbocycles. The molecule has 17 heavy (non-hydrogen) atoms. The van der Waals surface area contributed by atoms with Crippen LogP contribution in [-0.4, -0.2) is 59.1 Å². The summed E-state index contributed by atoms with van der Waals surface area (Å²) in [6, 6.07) is 2.62. The van der Waals surface area contributed by atoms with Gasteiger partial charge in [-0.25, -0.2) is 0 Å². The van der Waals surface area contributed by atoms with Crippen LogP contribution in [-0.2, 0) is 0 Å². The van der Waals surface area contributed by atoms with Crippen molar-refractivity contribution in [1.82, 2.24) is 9.80 Å². The van der Waals surface area contributed by atoms with E-state index in [-0.39, 0.29) is 0 Å². The first-order valence-electron chi connectivity index (χ1n) is 7.46. The van der Waals surface area contributed by atoms with Crippen LogP contribution >= 0.6 is 11.8 Å². The first-order chi connectivity index (χ1) is 8.38. The summed E-state index contributed by atoms with van der Waals surface area (Å²) in [5, 5.41) is 0. The number of hydrogen-bond acceptors (Lipinski definition) is 3. The van der Waals surface area contributed by atoms with Gasteiger partial charge in [0.25, 0.3) is 0 Å². The van der Waals surface area contributed by atoms with Crippen LogP contribution in [0.25, 0.3) is 0 Å². The van der Waals surface area contributed by atoms with E-state index < -0.39 is 0 Å². The Balaban J connectivity index is 1.68. The average Bonchev–Trinajstić information content (AvgIpc) is 2.91. The lowest BCUT2D eigenvalue weighted by atomic mass is 9.94. The molecule has 3 atom stereocenters. The Morgan fingerprint density at radius 1 is 1.12 bits per heavy atom. The molecule has 0 aromatic heterocycles. The van der Waals surface area contributed by atoms with Gasteiger partial charge in [0, 0.05) is 37.0 Å². The fraction of sp³-hybridized carbons (Fsp3) is 1.00. The summed E-state index contributed by atoms with van der Waals surface area (Å²) in [7, 11) is 0. The Bertz CT molecular complexity index is 253. The summed E-state index contributed by atoms with van der Waals surface area (Å²) in [5.41, 5.74) is 0. The normalized spacial score (nSPS) is 40.4. The Hall–Kier alpha value is 0.270. The van der Waals surface area contributed by atoms with Gasteiger partial charge in [0.1, 0.15) is 0 Å². The molecule has 98 valence electrons. The minimum atomic E-state index is 0.841. The minimum Gasteiger partial charge on any atom is -0.298 e. The highest BCUT2D eigenvalue weighted by Crippen LogP contribution is 2.31. The van der Waals surface area contributed by atoms with Crippen LogP contribution < -0.4 is 0 Å². The Morgan fingerprint density at radius 3 is 2.82 bits per heavy atom. The molecule has 3 rings (SSSR count). The van der Waals surface area contributed by atoms with Crippen LogP contribution in [0.1, 0.15) is 39.0 Å². The fourth-order valence-electron chi connectivity index (χ4n) is 3.87. The van der Waals surface area contributed by atoms with Crippen molar-refractivity contribution in [1.29, 1.82) is 0 Å². The SMILES string of the molecule is CCC1CN2CCCCC2CN1C1CCSC1. The number of hydrogen-bond donors (Lipinski definition) is 0. The summed E-state index contributed by atoms with van der Waals surface area (Å²) in [5.74, 6) is 2.79. The molecule has 0 aromatic carbocycles. The molecule has 0 bridgehead atoms. The number of fused-ring (bicyclic) bond motifs is 1. The van der Waals surface area contributed by atoms with Gasteiger partial charge in [-0.05, 0) is 38.0 Å². The zero-order chi connectivity index (χ0) is 11.7. The van der Waals surface area contributed by atoms with Gasteiger partial charge in [-0.15, -0.1) is 0 Å². The molecule has 3 aliphatic rings. The van der Waals surface area contributed by atoms with Gasteiger partial charge >= 0.3 is 0 Å². The van der Waals surface area contributed by atoms with Gasteiger partial charge in [-0.1, -0.05) is 13.3 Å². The second-order valence-electron chi connectivity index (χ2n) is 5.92. The molecular formula is C14H26N2S. The molecule has 3 unspecified atom stereocenters. The maximum atomic E-state index is 2.88. The lowest BCUT2D eigenvalue weighted by molar-refractivity contribution is -0.0101. The van der Waals surface area contributed by atoms with Gasteiger partial charge in [-0.3, -0.25) is 9.80 Å². The van der Waals surface area contributed by atoms with E-state index in [1.807, 2.05) is 0 Å². The van der Waals surface area contributed by atoms with Crippen LogP contribution in [0.4, 0.5) is 0 Å². The van der Waals surface area contributed by atoms with Gasteiger partial charge in [-0.2, -0.15) is 11.8 Å². The Labute approximate surface area is 110 Å². The quantitative estimate of drug-likeness (QED) is 0.747. The molecule has 3 aliphatic heterocycles. The average molecular weight is 254 g/mol. The van der Waals surface area contributed by atoms with E-state index in [9.17, 15) is 0 Å². The maximum absolute atomic E-state index is 2.88. The van der Waals surface area contributed by atoms with Crippen LogP contribution in [0.2, 0.25) is 0 Å². The first kappa shape index (κ1) is 12.3. The van der Waals surface area contributed by atoms with Crippen molar-refractivity contribution in [2.24, 2.45) is 0 Å². The highest BCUT2D eigenvalue weighted by molar-refractivity contribution is 7.99. The fourth-order valence-corrected chi connectivity index (χ4v) is 5.11. The number of piperazine rings is 1. The molecule has 0 amide bonds. The topological polar surface area (TPSA) is 6.48 Å². The monoisotopic (exact) mass is 254 g/mol. The standard InChI is InChI=1S/C14H26N2S/c1-2-12-9-15-7-4-3-5-13(15)10-16(12)14-6-8-17-11-14/h12-14H,2-11H2,1H3. The molecule has 0 aromatic rings. The minimum absolute atomic E-state index is 0.841. The van der Waals surface area contributed by atoms with Crippen molar-refractivity contribution in [2.45, 2.75) is 57.2 Å². The highest BCUT2D eigenvalue weighted by Gasteiger charge is 2.37. The van der Waals surface area contributed by atoms with E-state index in [2.05, 4.69) is 28.5 Å². The molecule has 3 fully saturated rings. The summed E-state index contributed by atoms with van der Waals surface area (Å²) in [4.78, 5) is 5.67. The third-order valence-electron chi connectivity index (χ3n) is 4.93.